The summed E-state index contributed by atoms with van der Waals surface area (Å²) in [5.74, 6) is 1.14. The lowest BCUT2D eigenvalue weighted by molar-refractivity contribution is 0.579. The van der Waals surface area contributed by atoms with Crippen molar-refractivity contribution in [3.63, 3.8) is 0 Å². The molecule has 6 nitrogen and oxygen atoms in total. The summed E-state index contributed by atoms with van der Waals surface area (Å²) in [5, 5.41) is 6.66. The molecule has 0 bridgehead atoms. The van der Waals surface area contributed by atoms with E-state index in [0.29, 0.717) is 25.4 Å². The van der Waals surface area contributed by atoms with Crippen LogP contribution in [-0.2, 0) is 16.4 Å². The van der Waals surface area contributed by atoms with Gasteiger partial charge < -0.3 is 10.6 Å². The summed E-state index contributed by atoms with van der Waals surface area (Å²) < 4.78 is 25.5. The minimum Gasteiger partial charge on any atom is -0.356 e. The second-order valence-electron chi connectivity index (χ2n) is 6.83. The molecule has 2 rings (SSSR count). The first-order valence-electron chi connectivity index (χ1n) is 10.0. The number of hydrogen-bond donors (Lipinski definition) is 3. The van der Waals surface area contributed by atoms with Crippen LogP contribution in [0.2, 0.25) is 0 Å². The van der Waals surface area contributed by atoms with Gasteiger partial charge in [0.05, 0.1) is 5.75 Å². The molecule has 2 aromatic rings. The minimum absolute atomic E-state index is 0. The largest absolute Gasteiger partial charge is 0.356 e. The number of sulfonamides is 1. The van der Waals surface area contributed by atoms with Crippen LogP contribution < -0.4 is 15.4 Å². The zero-order chi connectivity index (χ0) is 21.0. The fourth-order valence-electron chi connectivity index (χ4n) is 3.00. The SMILES string of the molecule is CCS(=O)(=O)NCCCNC(=NC)NCC(Cc1ccccc1)c1ccccc1.I. The van der Waals surface area contributed by atoms with Gasteiger partial charge in [-0.1, -0.05) is 60.7 Å². The molecule has 30 heavy (non-hydrogen) atoms. The minimum atomic E-state index is -3.13. The summed E-state index contributed by atoms with van der Waals surface area (Å²) in [7, 11) is -1.39. The topological polar surface area (TPSA) is 82.6 Å². The molecule has 0 fully saturated rings. The van der Waals surface area contributed by atoms with Gasteiger partial charge in [-0.25, -0.2) is 13.1 Å². The highest BCUT2D eigenvalue weighted by molar-refractivity contribution is 14.0. The van der Waals surface area contributed by atoms with E-state index in [0.717, 1.165) is 18.9 Å². The Kier molecular flexibility index (Phi) is 12.6. The number of rotatable bonds is 11. The van der Waals surface area contributed by atoms with Crippen LogP contribution in [0.15, 0.2) is 65.7 Å². The fourth-order valence-corrected chi connectivity index (χ4v) is 3.66. The van der Waals surface area contributed by atoms with Gasteiger partial charge in [0.2, 0.25) is 10.0 Å². The molecular weight excluding hydrogens is 511 g/mol. The highest BCUT2D eigenvalue weighted by atomic mass is 127. The predicted octanol–water partition coefficient (Wildman–Crippen LogP) is 3.13. The van der Waals surface area contributed by atoms with E-state index in [4.69, 9.17) is 0 Å². The van der Waals surface area contributed by atoms with E-state index in [1.807, 2.05) is 12.1 Å². The van der Waals surface area contributed by atoms with Crippen LogP contribution in [0.4, 0.5) is 0 Å². The van der Waals surface area contributed by atoms with Crippen molar-refractivity contribution >= 4 is 40.0 Å². The van der Waals surface area contributed by atoms with Crippen LogP contribution in [0.25, 0.3) is 0 Å². The number of halogens is 1. The number of guanidine groups is 1. The molecule has 0 aliphatic carbocycles. The van der Waals surface area contributed by atoms with Crippen molar-refractivity contribution < 1.29 is 8.42 Å². The molecule has 0 heterocycles. The number of nitrogens with zero attached hydrogens (tertiary/aromatic N) is 1. The molecule has 0 aliphatic heterocycles. The first-order chi connectivity index (χ1) is 14.0. The molecule has 3 N–H and O–H groups in total. The molecule has 0 aliphatic rings. The first kappa shape index (κ1) is 26.4. The molecule has 166 valence electrons. The normalized spacial score (nSPS) is 12.7. The van der Waals surface area contributed by atoms with Gasteiger partial charge in [0.25, 0.3) is 0 Å². The van der Waals surface area contributed by atoms with Crippen molar-refractivity contribution in [3.05, 3.63) is 71.8 Å². The maximum atomic E-state index is 11.4. The Hall–Kier alpha value is -1.65. The van der Waals surface area contributed by atoms with E-state index in [2.05, 4.69) is 68.9 Å². The summed E-state index contributed by atoms with van der Waals surface area (Å²) in [5.41, 5.74) is 2.59. The molecule has 1 unspecified atom stereocenters. The van der Waals surface area contributed by atoms with Crippen LogP contribution >= 0.6 is 24.0 Å². The van der Waals surface area contributed by atoms with Crippen molar-refractivity contribution in [1.29, 1.82) is 0 Å². The third kappa shape index (κ3) is 9.90. The third-order valence-electron chi connectivity index (χ3n) is 4.68. The summed E-state index contributed by atoms with van der Waals surface area (Å²) in [6.07, 6.45) is 1.62. The molecule has 1 atom stereocenters. The van der Waals surface area contributed by atoms with Crippen LogP contribution in [-0.4, -0.2) is 46.8 Å². The Morgan fingerprint density at radius 2 is 1.60 bits per heavy atom. The van der Waals surface area contributed by atoms with E-state index in [1.165, 1.54) is 11.1 Å². The van der Waals surface area contributed by atoms with E-state index in [9.17, 15) is 8.42 Å². The van der Waals surface area contributed by atoms with E-state index in [-0.39, 0.29) is 29.7 Å². The summed E-state index contributed by atoms with van der Waals surface area (Å²) in [6, 6.07) is 21.0. The standard InChI is InChI=1S/C22H32N4O2S.HI/c1-3-29(27,28)26-16-10-15-24-22(23-2)25-18-21(20-13-8-5-9-14-20)17-19-11-6-4-7-12-19;/h4-9,11-14,21,26H,3,10,15-18H2,1-2H3,(H2,23,24,25);1H. The van der Waals surface area contributed by atoms with Crippen LogP contribution in [0, 0.1) is 0 Å². The lowest BCUT2D eigenvalue weighted by atomic mass is 9.92. The zero-order valence-electron chi connectivity index (χ0n) is 17.7. The van der Waals surface area contributed by atoms with Gasteiger partial charge in [-0.05, 0) is 30.9 Å². The number of benzene rings is 2. The third-order valence-corrected chi connectivity index (χ3v) is 6.09. The quantitative estimate of drug-likeness (QED) is 0.176. The molecule has 0 spiro atoms. The van der Waals surface area contributed by atoms with Gasteiger partial charge in [-0.15, -0.1) is 24.0 Å². The Morgan fingerprint density at radius 3 is 2.20 bits per heavy atom. The van der Waals surface area contributed by atoms with E-state index >= 15 is 0 Å². The summed E-state index contributed by atoms with van der Waals surface area (Å²) in [4.78, 5) is 4.28. The molecule has 2 aromatic carbocycles. The van der Waals surface area contributed by atoms with E-state index in [1.54, 1.807) is 14.0 Å². The van der Waals surface area contributed by atoms with Crippen molar-refractivity contribution in [2.75, 3.05) is 32.4 Å². The highest BCUT2D eigenvalue weighted by Crippen LogP contribution is 2.20. The smallest absolute Gasteiger partial charge is 0.211 e. The maximum Gasteiger partial charge on any atom is 0.211 e. The Balaban J connectivity index is 0.00000450. The van der Waals surface area contributed by atoms with E-state index < -0.39 is 10.0 Å². The molecule has 0 amide bonds. The number of hydrogen-bond acceptors (Lipinski definition) is 3. The second kappa shape index (κ2) is 14.4. The van der Waals surface area contributed by atoms with Crippen LogP contribution in [0.3, 0.4) is 0 Å². The monoisotopic (exact) mass is 544 g/mol. The second-order valence-corrected chi connectivity index (χ2v) is 8.92. The van der Waals surface area contributed by atoms with Gasteiger partial charge in [0.1, 0.15) is 0 Å². The van der Waals surface area contributed by atoms with Crippen LogP contribution in [0.5, 0.6) is 0 Å². The average molecular weight is 545 g/mol. The molecule has 0 radical (unpaired) electrons. The maximum absolute atomic E-state index is 11.4. The molecule has 0 saturated heterocycles. The molecular formula is C22H33IN4O2S. The highest BCUT2D eigenvalue weighted by Gasteiger charge is 2.13. The van der Waals surface area contributed by atoms with Gasteiger partial charge in [0, 0.05) is 32.6 Å². The zero-order valence-corrected chi connectivity index (χ0v) is 20.8. The van der Waals surface area contributed by atoms with Crippen LogP contribution in [0.1, 0.15) is 30.4 Å². The fraction of sp³-hybridized carbons (Fsp3) is 0.409. The van der Waals surface area contributed by atoms with Crippen molar-refractivity contribution in [2.24, 2.45) is 4.99 Å². The van der Waals surface area contributed by atoms with Crippen molar-refractivity contribution in [1.82, 2.24) is 15.4 Å². The Labute approximate surface area is 198 Å². The lowest BCUT2D eigenvalue weighted by Gasteiger charge is -2.20. The van der Waals surface area contributed by atoms with Gasteiger partial charge in [0.15, 0.2) is 5.96 Å². The summed E-state index contributed by atoms with van der Waals surface area (Å²) in [6.45, 7) is 3.44. The van der Waals surface area contributed by atoms with Gasteiger partial charge in [-0.2, -0.15) is 0 Å². The molecule has 0 saturated carbocycles. The number of nitrogens with one attached hydrogen (secondary N) is 3. The van der Waals surface area contributed by atoms with Gasteiger partial charge >= 0.3 is 0 Å². The first-order valence-corrected chi connectivity index (χ1v) is 11.7. The number of aliphatic imine (C=N–C) groups is 1. The molecule has 8 heteroatoms. The average Bonchev–Trinajstić information content (AvgIpc) is 2.76. The lowest BCUT2D eigenvalue weighted by Crippen LogP contribution is -2.40. The summed E-state index contributed by atoms with van der Waals surface area (Å²) >= 11 is 0. The van der Waals surface area contributed by atoms with Crippen molar-refractivity contribution in [2.45, 2.75) is 25.7 Å². The molecule has 0 aromatic heterocycles. The Bertz CT molecular complexity index is 846. The van der Waals surface area contributed by atoms with Crippen molar-refractivity contribution in [3.8, 4) is 0 Å². The van der Waals surface area contributed by atoms with Gasteiger partial charge in [-0.3, -0.25) is 4.99 Å². The predicted molar refractivity (Wildman–Crippen MR) is 136 cm³/mol. The Morgan fingerprint density at radius 1 is 0.967 bits per heavy atom.